The van der Waals surface area contributed by atoms with Crippen LogP contribution in [0.25, 0.3) is 5.69 Å². The fraction of sp³-hybridized carbons (Fsp3) is 0.167. The monoisotopic (exact) mass is 231 g/mol. The molecule has 0 fully saturated rings. The van der Waals surface area contributed by atoms with Crippen LogP contribution in [0.2, 0.25) is 0 Å². The van der Waals surface area contributed by atoms with Crippen molar-refractivity contribution in [2.45, 2.75) is 13.8 Å². The normalized spacial score (nSPS) is 10.5. The van der Waals surface area contributed by atoms with Crippen molar-refractivity contribution in [3.8, 4) is 5.69 Å². The molecular formula is C12H13N3O2. The van der Waals surface area contributed by atoms with Crippen LogP contribution in [0.1, 0.15) is 21.6 Å². The van der Waals surface area contributed by atoms with E-state index in [0.717, 1.165) is 11.3 Å². The van der Waals surface area contributed by atoms with Crippen molar-refractivity contribution in [1.82, 2.24) is 9.78 Å². The number of hydrogen-bond donors (Lipinski definition) is 2. The second kappa shape index (κ2) is 3.93. The van der Waals surface area contributed by atoms with Gasteiger partial charge in [0.1, 0.15) is 0 Å². The molecule has 0 atom stereocenters. The third kappa shape index (κ3) is 1.99. The van der Waals surface area contributed by atoms with E-state index in [4.69, 9.17) is 10.8 Å². The predicted octanol–water partition coefficient (Wildman–Crippen LogP) is 1.77. The zero-order valence-corrected chi connectivity index (χ0v) is 9.64. The summed E-state index contributed by atoms with van der Waals surface area (Å²) in [4.78, 5) is 11.1. The number of hydrogen-bond acceptors (Lipinski definition) is 3. The highest BCUT2D eigenvalue weighted by Gasteiger charge is 2.12. The Morgan fingerprint density at radius 3 is 2.65 bits per heavy atom. The van der Waals surface area contributed by atoms with Gasteiger partial charge in [-0.1, -0.05) is 0 Å². The van der Waals surface area contributed by atoms with Crippen molar-refractivity contribution in [3.05, 3.63) is 41.2 Å². The lowest BCUT2D eigenvalue weighted by molar-refractivity contribution is 0.0698. The molecule has 2 aromatic rings. The molecule has 0 spiro atoms. The molecule has 0 bridgehead atoms. The number of carboxylic acid groups (broad SMARTS) is 1. The summed E-state index contributed by atoms with van der Waals surface area (Å²) < 4.78 is 1.63. The zero-order valence-electron chi connectivity index (χ0n) is 9.64. The highest BCUT2D eigenvalue weighted by molar-refractivity contribution is 5.95. The number of benzene rings is 1. The first kappa shape index (κ1) is 11.2. The summed E-state index contributed by atoms with van der Waals surface area (Å²) in [6, 6.07) is 5.19. The lowest BCUT2D eigenvalue weighted by Gasteiger charge is -2.09. The number of nitrogens with two attached hydrogens (primary N) is 1. The maximum absolute atomic E-state index is 11.1. The lowest BCUT2D eigenvalue weighted by atomic mass is 10.1. The summed E-state index contributed by atoms with van der Waals surface area (Å²) in [7, 11) is 0. The van der Waals surface area contributed by atoms with E-state index in [9.17, 15) is 4.79 Å². The van der Waals surface area contributed by atoms with Gasteiger partial charge in [0.05, 0.1) is 16.9 Å². The molecule has 0 aliphatic carbocycles. The molecule has 1 heterocycles. The Bertz CT molecular complexity index is 587. The summed E-state index contributed by atoms with van der Waals surface area (Å²) in [6.07, 6.45) is 1.78. The Balaban J connectivity index is 2.60. The van der Waals surface area contributed by atoms with Crippen LogP contribution < -0.4 is 5.73 Å². The Morgan fingerprint density at radius 2 is 2.12 bits per heavy atom. The van der Waals surface area contributed by atoms with Gasteiger partial charge in [-0.2, -0.15) is 5.10 Å². The zero-order chi connectivity index (χ0) is 12.6. The van der Waals surface area contributed by atoms with Gasteiger partial charge in [0, 0.05) is 11.9 Å². The van der Waals surface area contributed by atoms with Gasteiger partial charge in [-0.3, -0.25) is 0 Å². The maximum Gasteiger partial charge on any atom is 0.337 e. The number of carboxylic acids is 1. The fourth-order valence-electron chi connectivity index (χ4n) is 1.65. The molecule has 5 nitrogen and oxygen atoms in total. The summed E-state index contributed by atoms with van der Waals surface area (Å²) >= 11 is 0. The van der Waals surface area contributed by atoms with E-state index < -0.39 is 5.97 Å². The van der Waals surface area contributed by atoms with Crippen molar-refractivity contribution in [1.29, 1.82) is 0 Å². The summed E-state index contributed by atoms with van der Waals surface area (Å²) in [6.45, 7) is 3.65. The molecule has 0 saturated heterocycles. The minimum Gasteiger partial charge on any atom is -0.478 e. The third-order valence-electron chi connectivity index (χ3n) is 2.59. The first-order valence-corrected chi connectivity index (χ1v) is 5.15. The molecule has 2 rings (SSSR count). The number of aromatic nitrogens is 2. The number of nitrogens with zero attached hydrogens (tertiary/aromatic N) is 2. The van der Waals surface area contributed by atoms with Crippen LogP contribution in [-0.4, -0.2) is 20.9 Å². The Morgan fingerprint density at radius 1 is 1.41 bits per heavy atom. The fourth-order valence-corrected chi connectivity index (χ4v) is 1.65. The topological polar surface area (TPSA) is 81.1 Å². The molecule has 17 heavy (non-hydrogen) atoms. The summed E-state index contributed by atoms with van der Waals surface area (Å²) in [5.41, 5.74) is 8.42. The molecule has 1 aromatic carbocycles. The van der Waals surface area contributed by atoms with Gasteiger partial charge in [-0.05, 0) is 37.6 Å². The number of aryl methyl sites for hydroxylation is 2. The average molecular weight is 231 g/mol. The minimum absolute atomic E-state index is 0.105. The first-order valence-electron chi connectivity index (χ1n) is 5.15. The van der Waals surface area contributed by atoms with Crippen LogP contribution in [0.15, 0.2) is 24.4 Å². The van der Waals surface area contributed by atoms with E-state index in [-0.39, 0.29) is 5.56 Å². The highest BCUT2D eigenvalue weighted by Crippen LogP contribution is 2.21. The number of aromatic carboxylic acids is 1. The predicted molar refractivity (Wildman–Crippen MR) is 64.4 cm³/mol. The molecule has 88 valence electrons. The molecule has 0 radical (unpaired) electrons. The van der Waals surface area contributed by atoms with Crippen molar-refractivity contribution < 1.29 is 9.90 Å². The van der Waals surface area contributed by atoms with E-state index in [0.29, 0.717) is 11.4 Å². The molecule has 0 unspecified atom stereocenters. The molecule has 0 amide bonds. The molecular weight excluding hydrogens is 218 g/mol. The van der Waals surface area contributed by atoms with E-state index in [2.05, 4.69) is 5.10 Å². The number of rotatable bonds is 2. The number of carbonyl (C=O) groups is 1. The Labute approximate surface area is 98.5 Å². The van der Waals surface area contributed by atoms with Gasteiger partial charge in [0.2, 0.25) is 0 Å². The van der Waals surface area contributed by atoms with E-state index in [1.165, 1.54) is 6.07 Å². The maximum atomic E-state index is 11.1. The molecule has 3 N–H and O–H groups in total. The van der Waals surface area contributed by atoms with Crippen LogP contribution in [0.5, 0.6) is 0 Å². The SMILES string of the molecule is Cc1ccn(-c2cc(C)c(N)c(C(=O)O)c2)n1. The van der Waals surface area contributed by atoms with E-state index >= 15 is 0 Å². The van der Waals surface area contributed by atoms with Gasteiger partial charge in [-0.25, -0.2) is 9.48 Å². The van der Waals surface area contributed by atoms with Gasteiger partial charge in [0.25, 0.3) is 0 Å². The van der Waals surface area contributed by atoms with Crippen LogP contribution in [-0.2, 0) is 0 Å². The van der Waals surface area contributed by atoms with Gasteiger partial charge in [-0.15, -0.1) is 0 Å². The van der Waals surface area contributed by atoms with Crippen LogP contribution in [0.3, 0.4) is 0 Å². The Kier molecular flexibility index (Phi) is 2.59. The van der Waals surface area contributed by atoms with E-state index in [1.54, 1.807) is 17.8 Å². The van der Waals surface area contributed by atoms with Gasteiger partial charge in [0.15, 0.2) is 0 Å². The second-order valence-corrected chi connectivity index (χ2v) is 3.93. The van der Waals surface area contributed by atoms with Gasteiger partial charge >= 0.3 is 5.97 Å². The van der Waals surface area contributed by atoms with Crippen LogP contribution in [0.4, 0.5) is 5.69 Å². The van der Waals surface area contributed by atoms with Crippen molar-refractivity contribution in [2.75, 3.05) is 5.73 Å². The summed E-state index contributed by atoms with van der Waals surface area (Å²) in [5.74, 6) is -1.03. The molecule has 1 aromatic heterocycles. The largest absolute Gasteiger partial charge is 0.478 e. The van der Waals surface area contributed by atoms with Crippen molar-refractivity contribution in [3.63, 3.8) is 0 Å². The Hall–Kier alpha value is -2.30. The smallest absolute Gasteiger partial charge is 0.337 e. The van der Waals surface area contributed by atoms with Crippen molar-refractivity contribution >= 4 is 11.7 Å². The van der Waals surface area contributed by atoms with E-state index in [1.807, 2.05) is 19.1 Å². The second-order valence-electron chi connectivity index (χ2n) is 3.93. The third-order valence-corrected chi connectivity index (χ3v) is 2.59. The quantitative estimate of drug-likeness (QED) is 0.772. The van der Waals surface area contributed by atoms with Crippen molar-refractivity contribution in [2.24, 2.45) is 0 Å². The minimum atomic E-state index is -1.03. The first-order chi connectivity index (χ1) is 7.99. The van der Waals surface area contributed by atoms with Gasteiger partial charge < -0.3 is 10.8 Å². The standard InChI is InChI=1S/C12H13N3O2/c1-7-5-9(15-4-3-8(2)14-15)6-10(11(7)13)12(16)17/h3-6H,13H2,1-2H3,(H,16,17). The number of nitrogen functional groups attached to an aromatic ring is 1. The molecule has 0 aliphatic rings. The van der Waals surface area contributed by atoms with Crippen LogP contribution >= 0.6 is 0 Å². The lowest BCUT2D eigenvalue weighted by Crippen LogP contribution is -2.07. The molecule has 0 saturated carbocycles. The summed E-state index contributed by atoms with van der Waals surface area (Å²) in [5, 5.41) is 13.3. The molecule has 5 heteroatoms. The molecule has 0 aliphatic heterocycles. The highest BCUT2D eigenvalue weighted by atomic mass is 16.4. The van der Waals surface area contributed by atoms with Crippen LogP contribution in [0, 0.1) is 13.8 Å². The number of anilines is 1. The average Bonchev–Trinajstić information content (AvgIpc) is 2.68.